The molecule has 2 aliphatic rings. The molecule has 0 amide bonds. The standard InChI is InChI=1S/C20H37N7O.HI/c1-3-19-25-23-16-27(19)10-9-21-20(24-18-7-5-4-6-8-18)22-15-17(2)26-11-13-28-14-12-26;/h16-18H,3-15H2,1-2H3,(H2,21,22,24);1H. The molecule has 8 nitrogen and oxygen atoms in total. The van der Waals surface area contributed by atoms with Crippen LogP contribution >= 0.6 is 24.0 Å². The van der Waals surface area contributed by atoms with Gasteiger partial charge in [-0.05, 0) is 19.8 Å². The number of nitrogens with one attached hydrogen (secondary N) is 2. The van der Waals surface area contributed by atoms with Crippen molar-refractivity contribution in [3.63, 3.8) is 0 Å². The molecule has 9 heteroatoms. The van der Waals surface area contributed by atoms with Gasteiger partial charge in [-0.25, -0.2) is 0 Å². The number of halogens is 1. The Bertz CT molecular complexity index is 597. The molecule has 1 atom stereocenters. The molecular weight excluding hydrogens is 481 g/mol. The van der Waals surface area contributed by atoms with Gasteiger partial charge in [0, 0.05) is 44.7 Å². The van der Waals surface area contributed by atoms with Crippen molar-refractivity contribution in [2.45, 2.75) is 71.0 Å². The second kappa shape index (κ2) is 13.4. The molecule has 29 heavy (non-hydrogen) atoms. The molecule has 1 unspecified atom stereocenters. The molecule has 1 saturated carbocycles. The van der Waals surface area contributed by atoms with Crippen molar-refractivity contribution in [1.29, 1.82) is 0 Å². The Labute approximate surface area is 192 Å². The molecule has 0 spiro atoms. The Morgan fingerprint density at radius 3 is 2.76 bits per heavy atom. The number of aryl methyl sites for hydroxylation is 1. The predicted octanol–water partition coefficient (Wildman–Crippen LogP) is 2.05. The molecular formula is C20H38IN7O. The lowest BCUT2D eigenvalue weighted by Gasteiger charge is -2.31. The summed E-state index contributed by atoms with van der Waals surface area (Å²) in [5, 5.41) is 15.4. The number of aromatic nitrogens is 3. The highest BCUT2D eigenvalue weighted by atomic mass is 127. The first-order chi connectivity index (χ1) is 13.8. The first-order valence-electron chi connectivity index (χ1n) is 11.0. The van der Waals surface area contributed by atoms with E-state index in [1.54, 1.807) is 0 Å². The summed E-state index contributed by atoms with van der Waals surface area (Å²) in [4.78, 5) is 7.39. The Balaban J connectivity index is 0.00000300. The van der Waals surface area contributed by atoms with Crippen molar-refractivity contribution >= 4 is 29.9 Å². The first kappa shape index (κ1) is 24.3. The molecule has 0 aromatic carbocycles. The van der Waals surface area contributed by atoms with Gasteiger partial charge in [-0.2, -0.15) is 0 Å². The monoisotopic (exact) mass is 519 g/mol. The van der Waals surface area contributed by atoms with Gasteiger partial charge < -0.3 is 19.9 Å². The summed E-state index contributed by atoms with van der Waals surface area (Å²) in [6.45, 7) is 10.5. The number of ether oxygens (including phenoxy) is 1. The molecule has 1 aliphatic heterocycles. The quantitative estimate of drug-likeness (QED) is 0.311. The predicted molar refractivity (Wildman–Crippen MR) is 127 cm³/mol. The maximum absolute atomic E-state index is 5.47. The van der Waals surface area contributed by atoms with E-state index in [0.717, 1.165) is 64.1 Å². The van der Waals surface area contributed by atoms with Crippen LogP contribution in [0.3, 0.4) is 0 Å². The summed E-state index contributed by atoms with van der Waals surface area (Å²) in [7, 11) is 0. The van der Waals surface area contributed by atoms with Crippen LogP contribution in [-0.4, -0.2) is 77.1 Å². The SMILES string of the molecule is CCc1nncn1CCNC(=NCC(C)N1CCOCC1)NC1CCCCC1.I. The summed E-state index contributed by atoms with van der Waals surface area (Å²) < 4.78 is 7.58. The average Bonchev–Trinajstić information content (AvgIpc) is 3.20. The molecule has 0 bridgehead atoms. The fourth-order valence-electron chi connectivity index (χ4n) is 3.98. The fraction of sp³-hybridized carbons (Fsp3) is 0.850. The van der Waals surface area contributed by atoms with Crippen LogP contribution in [0.15, 0.2) is 11.3 Å². The highest BCUT2D eigenvalue weighted by molar-refractivity contribution is 14.0. The van der Waals surface area contributed by atoms with E-state index in [2.05, 4.69) is 44.1 Å². The van der Waals surface area contributed by atoms with Gasteiger partial charge in [0.2, 0.25) is 0 Å². The van der Waals surface area contributed by atoms with Crippen LogP contribution in [-0.2, 0) is 17.7 Å². The largest absolute Gasteiger partial charge is 0.379 e. The highest BCUT2D eigenvalue weighted by Crippen LogP contribution is 2.17. The van der Waals surface area contributed by atoms with Gasteiger partial charge in [0.05, 0.1) is 19.8 Å². The van der Waals surface area contributed by atoms with E-state index >= 15 is 0 Å². The van der Waals surface area contributed by atoms with E-state index < -0.39 is 0 Å². The number of rotatable bonds is 8. The van der Waals surface area contributed by atoms with E-state index in [-0.39, 0.29) is 24.0 Å². The number of nitrogens with zero attached hydrogens (tertiary/aromatic N) is 5. The van der Waals surface area contributed by atoms with Crippen LogP contribution in [0.25, 0.3) is 0 Å². The molecule has 1 saturated heterocycles. The van der Waals surface area contributed by atoms with Crippen LogP contribution in [0.5, 0.6) is 0 Å². The lowest BCUT2D eigenvalue weighted by atomic mass is 9.96. The summed E-state index contributed by atoms with van der Waals surface area (Å²) in [6, 6.07) is 0.971. The van der Waals surface area contributed by atoms with E-state index in [0.29, 0.717) is 12.1 Å². The summed E-state index contributed by atoms with van der Waals surface area (Å²) >= 11 is 0. The molecule has 2 N–H and O–H groups in total. The van der Waals surface area contributed by atoms with Gasteiger partial charge in [-0.3, -0.25) is 9.89 Å². The van der Waals surface area contributed by atoms with E-state index in [4.69, 9.17) is 9.73 Å². The summed E-state index contributed by atoms with van der Waals surface area (Å²) in [5.74, 6) is 1.97. The van der Waals surface area contributed by atoms with Gasteiger partial charge in [0.1, 0.15) is 12.2 Å². The normalized spacial score (nSPS) is 20.1. The van der Waals surface area contributed by atoms with Crippen molar-refractivity contribution in [2.75, 3.05) is 39.4 Å². The molecule has 1 aromatic heterocycles. The summed E-state index contributed by atoms with van der Waals surface area (Å²) in [6.07, 6.45) is 9.19. The minimum atomic E-state index is 0. The smallest absolute Gasteiger partial charge is 0.191 e. The highest BCUT2D eigenvalue weighted by Gasteiger charge is 2.18. The van der Waals surface area contributed by atoms with Crippen LogP contribution in [0.2, 0.25) is 0 Å². The maximum atomic E-state index is 5.47. The fourth-order valence-corrected chi connectivity index (χ4v) is 3.98. The third-order valence-corrected chi connectivity index (χ3v) is 5.79. The number of hydrogen-bond acceptors (Lipinski definition) is 5. The Morgan fingerprint density at radius 2 is 2.03 bits per heavy atom. The third-order valence-electron chi connectivity index (χ3n) is 5.79. The van der Waals surface area contributed by atoms with Crippen LogP contribution in [0.4, 0.5) is 0 Å². The second-order valence-electron chi connectivity index (χ2n) is 7.89. The first-order valence-corrected chi connectivity index (χ1v) is 11.0. The molecule has 3 rings (SSSR count). The van der Waals surface area contributed by atoms with Gasteiger partial charge in [0.25, 0.3) is 0 Å². The lowest BCUT2D eigenvalue weighted by molar-refractivity contribution is 0.0220. The van der Waals surface area contributed by atoms with Gasteiger partial charge in [-0.1, -0.05) is 26.2 Å². The van der Waals surface area contributed by atoms with Gasteiger partial charge in [0.15, 0.2) is 5.96 Å². The topological polar surface area (TPSA) is 79.6 Å². The van der Waals surface area contributed by atoms with E-state index in [1.807, 2.05) is 6.33 Å². The minimum Gasteiger partial charge on any atom is -0.379 e. The van der Waals surface area contributed by atoms with E-state index in [1.165, 1.54) is 32.1 Å². The van der Waals surface area contributed by atoms with Gasteiger partial charge >= 0.3 is 0 Å². The zero-order chi connectivity index (χ0) is 19.6. The number of aliphatic imine (C=N–C) groups is 1. The van der Waals surface area contributed by atoms with Crippen molar-refractivity contribution in [3.8, 4) is 0 Å². The molecule has 1 aromatic rings. The van der Waals surface area contributed by atoms with Crippen LogP contribution < -0.4 is 10.6 Å². The summed E-state index contributed by atoms with van der Waals surface area (Å²) in [5.41, 5.74) is 0. The molecule has 166 valence electrons. The third kappa shape index (κ3) is 8.01. The Kier molecular flexibility index (Phi) is 11.2. The van der Waals surface area contributed by atoms with Crippen molar-refractivity contribution in [1.82, 2.24) is 30.3 Å². The molecule has 2 heterocycles. The number of morpholine rings is 1. The van der Waals surface area contributed by atoms with Gasteiger partial charge in [-0.15, -0.1) is 34.2 Å². The zero-order valence-electron chi connectivity index (χ0n) is 18.0. The van der Waals surface area contributed by atoms with E-state index in [9.17, 15) is 0 Å². The van der Waals surface area contributed by atoms with Crippen LogP contribution in [0.1, 0.15) is 51.8 Å². The van der Waals surface area contributed by atoms with Crippen LogP contribution in [0, 0.1) is 0 Å². The minimum absolute atomic E-state index is 0. The molecule has 1 aliphatic carbocycles. The lowest BCUT2D eigenvalue weighted by Crippen LogP contribution is -2.47. The Morgan fingerprint density at radius 1 is 1.28 bits per heavy atom. The van der Waals surface area contributed by atoms with Crippen molar-refractivity contribution in [2.24, 2.45) is 4.99 Å². The average molecular weight is 519 g/mol. The zero-order valence-corrected chi connectivity index (χ0v) is 20.3. The molecule has 0 radical (unpaired) electrons. The van der Waals surface area contributed by atoms with Crippen molar-refractivity contribution in [3.05, 3.63) is 12.2 Å². The number of hydrogen-bond donors (Lipinski definition) is 2. The second-order valence-corrected chi connectivity index (χ2v) is 7.89. The maximum Gasteiger partial charge on any atom is 0.191 e. The van der Waals surface area contributed by atoms with Crippen molar-refractivity contribution < 1.29 is 4.74 Å². The molecule has 2 fully saturated rings. The Hall–Kier alpha value is -0.940. The number of guanidine groups is 1.